The molecule has 17 heavy (non-hydrogen) atoms. The average Bonchev–Trinajstić information content (AvgIpc) is 2.03. The molecule has 0 aliphatic rings. The van der Waals surface area contributed by atoms with Crippen molar-refractivity contribution in [2.75, 3.05) is 0 Å². The van der Waals surface area contributed by atoms with E-state index < -0.39 is 31.2 Å². The molecular formula is C4H5BO11Zn. The summed E-state index contributed by atoms with van der Waals surface area (Å²) in [6.07, 6.45) is 0. The van der Waals surface area contributed by atoms with E-state index in [-0.39, 0.29) is 19.5 Å². The van der Waals surface area contributed by atoms with Gasteiger partial charge in [0.1, 0.15) is 0 Å². The topological polar surface area (TPSA) is 216 Å². The molecule has 5 N–H and O–H groups in total. The molecule has 0 aliphatic heterocycles. The van der Waals surface area contributed by atoms with Gasteiger partial charge in [0.25, 0.3) is 0 Å². The van der Waals surface area contributed by atoms with Gasteiger partial charge in [0, 0.05) is 0 Å². The number of carbonyl (C=O) groups is 4. The number of carboxylic acids is 4. The second-order valence-corrected chi connectivity index (χ2v) is 1.53. The van der Waals surface area contributed by atoms with Crippen molar-refractivity contribution in [1.82, 2.24) is 0 Å². The van der Waals surface area contributed by atoms with Gasteiger partial charge in [-0.05, 0) is 0 Å². The van der Waals surface area contributed by atoms with Crippen LogP contribution in [-0.2, 0) is 38.7 Å². The number of aliphatic carboxylic acids is 4. The third kappa shape index (κ3) is 53.8. The summed E-state index contributed by atoms with van der Waals surface area (Å²) in [6.45, 7) is 0. The van der Waals surface area contributed by atoms with E-state index in [4.69, 9.17) is 54.7 Å². The molecule has 0 bridgehead atoms. The third-order valence-corrected chi connectivity index (χ3v) is 0.366. The van der Waals surface area contributed by atoms with E-state index >= 15 is 0 Å². The average molecular weight is 305 g/mol. The minimum Gasteiger partial charge on any atom is -0.871 e. The minimum absolute atomic E-state index is 0. The SMILES string of the molecule is O=C(O)C(=O)O.O=C(O)C(=O)O.[O-]B([O-])O.[Zn+2]. The van der Waals surface area contributed by atoms with Crippen molar-refractivity contribution in [2.24, 2.45) is 0 Å². The molecule has 0 saturated carbocycles. The van der Waals surface area contributed by atoms with Gasteiger partial charge in [-0.15, -0.1) is 0 Å². The number of rotatable bonds is 0. The second kappa shape index (κ2) is 14.4. The summed E-state index contributed by atoms with van der Waals surface area (Å²) in [7, 11) is -2.67. The zero-order chi connectivity index (χ0) is 13.9. The van der Waals surface area contributed by atoms with E-state index in [1.165, 1.54) is 0 Å². The van der Waals surface area contributed by atoms with E-state index in [1.54, 1.807) is 0 Å². The summed E-state index contributed by atoms with van der Waals surface area (Å²) in [5.41, 5.74) is 0. The number of carboxylic acid groups (broad SMARTS) is 4. The molecule has 0 spiro atoms. The molecule has 92 valence electrons. The van der Waals surface area contributed by atoms with Crippen LogP contribution in [0.2, 0.25) is 0 Å². The largest absolute Gasteiger partial charge is 2.00 e. The van der Waals surface area contributed by atoms with E-state index in [0.29, 0.717) is 0 Å². The van der Waals surface area contributed by atoms with Gasteiger partial charge < -0.3 is 35.5 Å². The maximum absolute atomic E-state index is 9.10. The van der Waals surface area contributed by atoms with Crippen LogP contribution in [0.1, 0.15) is 0 Å². The summed E-state index contributed by atoms with van der Waals surface area (Å²) in [5, 5.41) is 53.6. The van der Waals surface area contributed by atoms with Crippen molar-refractivity contribution in [2.45, 2.75) is 0 Å². The molecule has 0 saturated heterocycles. The first-order valence-corrected chi connectivity index (χ1v) is 2.94. The summed E-state index contributed by atoms with van der Waals surface area (Å²) in [6, 6.07) is 0. The quantitative estimate of drug-likeness (QED) is 0.211. The van der Waals surface area contributed by atoms with Gasteiger partial charge in [-0.3, -0.25) is 0 Å². The molecule has 0 aromatic carbocycles. The van der Waals surface area contributed by atoms with Crippen molar-refractivity contribution < 1.29 is 74.2 Å². The molecule has 13 heteroatoms. The van der Waals surface area contributed by atoms with Crippen molar-refractivity contribution in [1.29, 1.82) is 0 Å². The first kappa shape index (κ1) is 24.6. The van der Waals surface area contributed by atoms with Crippen LogP contribution in [0.25, 0.3) is 0 Å². The summed E-state index contributed by atoms with van der Waals surface area (Å²) in [5.74, 6) is -7.30. The van der Waals surface area contributed by atoms with Crippen molar-refractivity contribution >= 4 is 31.2 Å². The predicted octanol–water partition coefficient (Wildman–Crippen LogP) is -5.01. The van der Waals surface area contributed by atoms with Crippen LogP contribution in [-0.4, -0.2) is 56.6 Å². The predicted molar refractivity (Wildman–Crippen MR) is 38.5 cm³/mol. The van der Waals surface area contributed by atoms with E-state index in [0.717, 1.165) is 0 Å². The number of hydrogen-bond acceptors (Lipinski definition) is 7. The van der Waals surface area contributed by atoms with Crippen LogP contribution in [0.3, 0.4) is 0 Å². The molecule has 0 atom stereocenters. The Morgan fingerprint density at radius 3 is 0.765 bits per heavy atom. The molecule has 0 rings (SSSR count). The summed E-state index contributed by atoms with van der Waals surface area (Å²) >= 11 is 0. The first-order chi connectivity index (χ1) is 7.02. The Bertz CT molecular complexity index is 211. The van der Waals surface area contributed by atoms with Gasteiger partial charge in [-0.1, -0.05) is 0 Å². The maximum atomic E-state index is 9.10. The fraction of sp³-hybridized carbons (Fsp3) is 0. The van der Waals surface area contributed by atoms with Crippen molar-refractivity contribution in [3.8, 4) is 0 Å². The zero-order valence-corrected chi connectivity index (χ0v) is 10.9. The first-order valence-electron chi connectivity index (χ1n) is 2.94. The molecule has 0 aliphatic carbocycles. The molecule has 0 fully saturated rings. The zero-order valence-electron chi connectivity index (χ0n) is 7.97. The van der Waals surface area contributed by atoms with Crippen LogP contribution >= 0.6 is 0 Å². The van der Waals surface area contributed by atoms with E-state index in [2.05, 4.69) is 0 Å². The molecule has 0 aromatic rings. The summed E-state index contributed by atoms with van der Waals surface area (Å²) in [4.78, 5) is 36.4. The molecule has 0 aromatic heterocycles. The molecule has 0 unspecified atom stereocenters. The molecule has 0 amide bonds. The Hall–Kier alpha value is -1.55. The Balaban J connectivity index is -0.0000000741. The van der Waals surface area contributed by atoms with Crippen LogP contribution in [0.4, 0.5) is 0 Å². The second-order valence-electron chi connectivity index (χ2n) is 1.53. The van der Waals surface area contributed by atoms with Gasteiger partial charge in [0.05, 0.1) is 7.32 Å². The fourth-order valence-electron chi connectivity index (χ4n) is 0. The van der Waals surface area contributed by atoms with Crippen LogP contribution in [0, 0.1) is 0 Å². The van der Waals surface area contributed by atoms with Crippen LogP contribution in [0.15, 0.2) is 0 Å². The minimum atomic E-state index is -2.67. The third-order valence-electron chi connectivity index (χ3n) is 0.366. The maximum Gasteiger partial charge on any atom is 2.00 e. The van der Waals surface area contributed by atoms with Crippen molar-refractivity contribution in [3.05, 3.63) is 0 Å². The Morgan fingerprint density at radius 1 is 0.706 bits per heavy atom. The Kier molecular flexibility index (Phi) is 20.9. The normalized spacial score (nSPS) is 6.76. The number of hydrogen-bond donors (Lipinski definition) is 5. The Labute approximate surface area is 106 Å². The standard InChI is InChI=1S/2C2H2O4.BHO3.Zn/c2*3-1(4)2(5)6;2-1(3)4;/h2*(H,3,4)(H,5,6);2H;/q;;-2;+2. The molecule has 11 nitrogen and oxygen atoms in total. The monoisotopic (exact) mass is 304 g/mol. The van der Waals surface area contributed by atoms with Crippen LogP contribution < -0.4 is 10.0 Å². The molecular weight excluding hydrogens is 300 g/mol. The fourth-order valence-corrected chi connectivity index (χ4v) is 0. The van der Waals surface area contributed by atoms with E-state index in [9.17, 15) is 0 Å². The van der Waals surface area contributed by atoms with Gasteiger partial charge >= 0.3 is 43.4 Å². The van der Waals surface area contributed by atoms with Crippen LogP contribution in [0.5, 0.6) is 0 Å². The van der Waals surface area contributed by atoms with Gasteiger partial charge in [0.15, 0.2) is 0 Å². The Morgan fingerprint density at radius 2 is 0.765 bits per heavy atom. The van der Waals surface area contributed by atoms with Gasteiger partial charge in [0.2, 0.25) is 0 Å². The molecule has 0 heterocycles. The smallest absolute Gasteiger partial charge is 0.871 e. The van der Waals surface area contributed by atoms with Gasteiger partial charge in [-0.2, -0.15) is 0 Å². The van der Waals surface area contributed by atoms with Crippen molar-refractivity contribution in [3.63, 3.8) is 0 Å². The van der Waals surface area contributed by atoms with Gasteiger partial charge in [-0.25, -0.2) is 19.2 Å². The van der Waals surface area contributed by atoms with E-state index in [1.807, 2.05) is 0 Å². The summed E-state index contributed by atoms with van der Waals surface area (Å²) < 4.78 is 0. The molecule has 0 radical (unpaired) electrons.